The van der Waals surface area contributed by atoms with Gasteiger partial charge < -0.3 is 5.32 Å². The molecular formula is C26H24ClN3O3S2. The molecule has 1 amide bonds. The van der Waals surface area contributed by atoms with E-state index >= 15 is 0 Å². The molecule has 1 aliphatic heterocycles. The number of halogens is 1. The zero-order chi connectivity index (χ0) is 24.6. The number of piperidine rings is 1. The molecular weight excluding hydrogens is 502 g/mol. The molecule has 0 unspecified atom stereocenters. The molecule has 1 fully saturated rings. The molecule has 180 valence electrons. The van der Waals surface area contributed by atoms with Crippen molar-refractivity contribution < 1.29 is 13.2 Å². The lowest BCUT2D eigenvalue weighted by atomic mass is 9.97. The van der Waals surface area contributed by atoms with Crippen molar-refractivity contribution in [3.05, 3.63) is 77.3 Å². The number of nitrogens with zero attached hydrogens (tertiary/aromatic N) is 2. The number of hydrogen-bond acceptors (Lipinski definition) is 5. The van der Waals surface area contributed by atoms with Crippen LogP contribution in [-0.2, 0) is 14.8 Å². The van der Waals surface area contributed by atoms with Crippen LogP contribution in [0.1, 0.15) is 18.4 Å². The number of benzene rings is 3. The Morgan fingerprint density at radius 3 is 2.40 bits per heavy atom. The predicted octanol–water partition coefficient (Wildman–Crippen LogP) is 5.96. The molecule has 0 saturated carbocycles. The topological polar surface area (TPSA) is 79.4 Å². The average Bonchev–Trinajstić information content (AvgIpc) is 3.28. The van der Waals surface area contributed by atoms with Crippen molar-refractivity contribution in [2.45, 2.75) is 24.7 Å². The molecule has 0 atom stereocenters. The first-order valence-corrected chi connectivity index (χ1v) is 14.0. The minimum absolute atomic E-state index is 0.0863. The monoisotopic (exact) mass is 525 g/mol. The number of carbonyl (C=O) groups is 1. The Hall–Kier alpha value is -2.78. The molecule has 0 radical (unpaired) electrons. The zero-order valence-electron chi connectivity index (χ0n) is 19.1. The summed E-state index contributed by atoms with van der Waals surface area (Å²) in [4.78, 5) is 17.8. The first-order chi connectivity index (χ1) is 16.8. The van der Waals surface area contributed by atoms with Gasteiger partial charge in [-0.15, -0.1) is 11.3 Å². The van der Waals surface area contributed by atoms with Crippen LogP contribution in [0.15, 0.2) is 71.6 Å². The van der Waals surface area contributed by atoms with Gasteiger partial charge >= 0.3 is 0 Å². The number of thiazole rings is 1. The summed E-state index contributed by atoms with van der Waals surface area (Å²) in [7, 11) is -3.59. The Kier molecular flexibility index (Phi) is 6.63. The van der Waals surface area contributed by atoms with Crippen LogP contribution in [-0.4, -0.2) is 36.7 Å². The standard InChI is InChI=1S/C26H24ClN3O3S2/c1-17-2-11-23-24(16-17)34-26(29-23)19-3-7-21(8-4-19)28-25(31)18-12-14-30(15-13-18)35(32,33)22-9-5-20(27)6-10-22/h2-11,16,18H,12-15H2,1H3,(H,28,31). The second-order valence-corrected chi connectivity index (χ2v) is 12.1. The Balaban J connectivity index is 1.20. The van der Waals surface area contributed by atoms with Gasteiger partial charge in [-0.1, -0.05) is 17.7 Å². The highest BCUT2D eigenvalue weighted by Crippen LogP contribution is 2.32. The molecule has 1 N–H and O–H groups in total. The Morgan fingerprint density at radius 1 is 1.03 bits per heavy atom. The van der Waals surface area contributed by atoms with Crippen LogP contribution >= 0.6 is 22.9 Å². The van der Waals surface area contributed by atoms with E-state index < -0.39 is 10.0 Å². The number of hydrogen-bond donors (Lipinski definition) is 1. The molecule has 1 aliphatic rings. The third-order valence-electron chi connectivity index (χ3n) is 6.22. The van der Waals surface area contributed by atoms with Crippen LogP contribution in [0.5, 0.6) is 0 Å². The second kappa shape index (κ2) is 9.70. The molecule has 9 heteroatoms. The zero-order valence-corrected chi connectivity index (χ0v) is 21.5. The van der Waals surface area contributed by atoms with Crippen molar-refractivity contribution in [1.29, 1.82) is 0 Å². The number of aryl methyl sites for hydroxylation is 1. The van der Waals surface area contributed by atoms with E-state index in [1.165, 1.54) is 22.0 Å². The Bertz CT molecular complexity index is 1470. The Labute approximate surface area is 213 Å². The van der Waals surface area contributed by atoms with Crippen LogP contribution in [0.25, 0.3) is 20.8 Å². The van der Waals surface area contributed by atoms with Crippen molar-refractivity contribution in [2.24, 2.45) is 5.92 Å². The lowest BCUT2D eigenvalue weighted by Gasteiger charge is -2.30. The number of amides is 1. The summed E-state index contributed by atoms with van der Waals surface area (Å²) in [5.74, 6) is -0.324. The van der Waals surface area contributed by atoms with E-state index in [-0.39, 0.29) is 16.7 Å². The quantitative estimate of drug-likeness (QED) is 0.348. The van der Waals surface area contributed by atoms with Gasteiger partial charge in [0.2, 0.25) is 15.9 Å². The second-order valence-electron chi connectivity index (χ2n) is 8.69. The third kappa shape index (κ3) is 5.11. The summed E-state index contributed by atoms with van der Waals surface area (Å²) in [6.07, 6.45) is 0.948. The fourth-order valence-corrected chi connectivity index (χ4v) is 6.87. The van der Waals surface area contributed by atoms with Crippen molar-refractivity contribution in [3.63, 3.8) is 0 Å². The summed E-state index contributed by atoms with van der Waals surface area (Å²) in [6.45, 7) is 2.68. The molecule has 6 nitrogen and oxygen atoms in total. The number of aromatic nitrogens is 1. The van der Waals surface area contributed by atoms with E-state index in [0.717, 1.165) is 20.8 Å². The highest BCUT2D eigenvalue weighted by Gasteiger charge is 2.32. The maximum absolute atomic E-state index is 12.9. The number of rotatable bonds is 5. The number of carbonyl (C=O) groups excluding carboxylic acids is 1. The van der Waals surface area contributed by atoms with Crippen LogP contribution < -0.4 is 5.32 Å². The number of fused-ring (bicyclic) bond motifs is 1. The molecule has 0 spiro atoms. The van der Waals surface area contributed by atoms with Crippen molar-refractivity contribution in [3.8, 4) is 10.6 Å². The minimum atomic E-state index is -3.59. The van der Waals surface area contributed by atoms with Gasteiger partial charge in [-0.05, 0) is 86.0 Å². The summed E-state index contributed by atoms with van der Waals surface area (Å²) in [5, 5.41) is 4.41. The summed E-state index contributed by atoms with van der Waals surface area (Å²) >= 11 is 7.52. The molecule has 1 aromatic heterocycles. The summed E-state index contributed by atoms with van der Waals surface area (Å²) in [6, 6.07) is 20.1. The lowest BCUT2D eigenvalue weighted by molar-refractivity contribution is -0.120. The van der Waals surface area contributed by atoms with Gasteiger partial charge in [0.25, 0.3) is 0 Å². The molecule has 2 heterocycles. The average molecular weight is 526 g/mol. The predicted molar refractivity (Wildman–Crippen MR) is 141 cm³/mol. The minimum Gasteiger partial charge on any atom is -0.326 e. The molecule has 35 heavy (non-hydrogen) atoms. The van der Waals surface area contributed by atoms with Gasteiger partial charge in [0.15, 0.2) is 0 Å². The highest BCUT2D eigenvalue weighted by atomic mass is 35.5. The van der Waals surface area contributed by atoms with Gasteiger partial charge in [0.05, 0.1) is 15.1 Å². The fraction of sp³-hybridized carbons (Fsp3) is 0.231. The van der Waals surface area contributed by atoms with E-state index in [0.29, 0.717) is 36.6 Å². The maximum Gasteiger partial charge on any atom is 0.243 e. The molecule has 1 saturated heterocycles. The highest BCUT2D eigenvalue weighted by molar-refractivity contribution is 7.89. The normalized spacial score (nSPS) is 15.4. The van der Waals surface area contributed by atoms with E-state index in [4.69, 9.17) is 16.6 Å². The molecule has 5 rings (SSSR count). The third-order valence-corrected chi connectivity index (χ3v) is 9.45. The van der Waals surface area contributed by atoms with Crippen LogP contribution in [0.2, 0.25) is 5.02 Å². The first-order valence-electron chi connectivity index (χ1n) is 11.3. The lowest BCUT2D eigenvalue weighted by Crippen LogP contribution is -2.41. The van der Waals surface area contributed by atoms with Crippen molar-refractivity contribution in [2.75, 3.05) is 18.4 Å². The first kappa shape index (κ1) is 23.9. The van der Waals surface area contributed by atoms with Gasteiger partial charge in [-0.25, -0.2) is 13.4 Å². The van der Waals surface area contributed by atoms with E-state index in [1.807, 2.05) is 30.3 Å². The van der Waals surface area contributed by atoms with Crippen LogP contribution in [0.4, 0.5) is 5.69 Å². The van der Waals surface area contributed by atoms with Gasteiger partial charge in [0, 0.05) is 35.3 Å². The van der Waals surface area contributed by atoms with E-state index in [1.54, 1.807) is 23.5 Å². The van der Waals surface area contributed by atoms with Crippen molar-refractivity contribution >= 4 is 54.8 Å². The molecule has 0 aliphatic carbocycles. The van der Waals surface area contributed by atoms with Gasteiger partial charge in [-0.3, -0.25) is 4.79 Å². The number of sulfonamides is 1. The Morgan fingerprint density at radius 2 is 1.71 bits per heavy atom. The number of nitrogens with one attached hydrogen (secondary N) is 1. The summed E-state index contributed by atoms with van der Waals surface area (Å²) in [5.41, 5.74) is 3.91. The molecule has 3 aromatic carbocycles. The van der Waals surface area contributed by atoms with Gasteiger partial charge in [-0.2, -0.15) is 4.31 Å². The van der Waals surface area contributed by atoms with Gasteiger partial charge in [0.1, 0.15) is 5.01 Å². The smallest absolute Gasteiger partial charge is 0.243 e. The largest absolute Gasteiger partial charge is 0.326 e. The van der Waals surface area contributed by atoms with E-state index in [2.05, 4.69) is 24.4 Å². The van der Waals surface area contributed by atoms with Crippen LogP contribution in [0, 0.1) is 12.8 Å². The SMILES string of the molecule is Cc1ccc2nc(-c3ccc(NC(=O)C4CCN(S(=O)(=O)c5ccc(Cl)cc5)CC4)cc3)sc2c1. The van der Waals surface area contributed by atoms with Crippen LogP contribution in [0.3, 0.4) is 0 Å². The molecule has 0 bridgehead atoms. The van der Waals surface area contributed by atoms with E-state index in [9.17, 15) is 13.2 Å². The maximum atomic E-state index is 12.9. The number of anilines is 1. The van der Waals surface area contributed by atoms with Crippen molar-refractivity contribution in [1.82, 2.24) is 9.29 Å². The fourth-order valence-electron chi connectivity index (χ4n) is 4.21. The summed E-state index contributed by atoms with van der Waals surface area (Å²) < 4.78 is 28.3. The molecule has 4 aromatic rings.